The van der Waals surface area contributed by atoms with Crippen LogP contribution in [0.2, 0.25) is 0 Å². The second kappa shape index (κ2) is 2.17. The van der Waals surface area contributed by atoms with Crippen molar-refractivity contribution < 1.29 is 4.79 Å². The highest BCUT2D eigenvalue weighted by Gasteiger charge is 2.63. The number of hydrogen-bond acceptors (Lipinski definition) is 2. The van der Waals surface area contributed by atoms with Gasteiger partial charge in [-0.1, -0.05) is 17.7 Å². The van der Waals surface area contributed by atoms with Crippen molar-refractivity contribution in [2.45, 2.75) is 24.8 Å². The summed E-state index contributed by atoms with van der Waals surface area (Å²) in [6, 6.07) is 6.04. The van der Waals surface area contributed by atoms with E-state index in [2.05, 4.69) is 11.4 Å². The van der Waals surface area contributed by atoms with E-state index in [1.54, 1.807) is 0 Å². The molecule has 2 aliphatic rings. The molecule has 3 N–H and O–H groups in total. The molecule has 0 saturated heterocycles. The van der Waals surface area contributed by atoms with Crippen LogP contribution >= 0.6 is 0 Å². The maximum atomic E-state index is 11.7. The molecule has 1 aromatic rings. The maximum absolute atomic E-state index is 11.7. The molecule has 1 heterocycles. The zero-order valence-corrected chi connectivity index (χ0v) is 8.00. The normalized spacial score (nSPS) is 33.0. The summed E-state index contributed by atoms with van der Waals surface area (Å²) in [5.41, 5.74) is 8.68. The van der Waals surface area contributed by atoms with E-state index in [4.69, 9.17) is 5.73 Å². The zero-order valence-electron chi connectivity index (χ0n) is 8.00. The molecule has 0 aromatic heterocycles. The predicted molar refractivity (Wildman–Crippen MR) is 54.1 cm³/mol. The molecule has 1 saturated carbocycles. The molecule has 1 aliphatic carbocycles. The molecule has 0 bridgehead atoms. The minimum Gasteiger partial charge on any atom is -0.326 e. The number of nitrogens with one attached hydrogen (secondary N) is 1. The maximum Gasteiger partial charge on any atom is 0.236 e. The van der Waals surface area contributed by atoms with Crippen LogP contribution in [0.4, 0.5) is 5.69 Å². The Bertz CT molecular complexity index is 441. The Balaban J connectivity index is 2.22. The summed E-state index contributed by atoms with van der Waals surface area (Å²) in [5, 5.41) is 2.89. The lowest BCUT2D eigenvalue weighted by Gasteiger charge is -2.06. The van der Waals surface area contributed by atoms with E-state index in [1.807, 2.05) is 19.1 Å². The molecule has 2 atom stereocenters. The molecule has 1 spiro atoms. The predicted octanol–water partition coefficient (Wildman–Crippen LogP) is 0.916. The molecule has 1 amide bonds. The topological polar surface area (TPSA) is 55.1 Å². The highest BCUT2D eigenvalue weighted by Crippen LogP contribution is 2.54. The number of anilines is 1. The first-order chi connectivity index (χ1) is 6.64. The molecule has 3 rings (SSSR count). The number of fused-ring (bicyclic) bond motifs is 2. The lowest BCUT2D eigenvalue weighted by atomic mass is 9.95. The van der Waals surface area contributed by atoms with Gasteiger partial charge < -0.3 is 11.1 Å². The van der Waals surface area contributed by atoms with E-state index in [0.29, 0.717) is 0 Å². The van der Waals surface area contributed by atoms with Crippen LogP contribution in [0, 0.1) is 6.92 Å². The lowest BCUT2D eigenvalue weighted by Crippen LogP contribution is -2.26. The van der Waals surface area contributed by atoms with Crippen molar-refractivity contribution in [2.75, 3.05) is 5.32 Å². The number of benzene rings is 1. The summed E-state index contributed by atoms with van der Waals surface area (Å²) in [7, 11) is 0. The third-order valence-corrected chi connectivity index (χ3v) is 3.32. The van der Waals surface area contributed by atoms with Gasteiger partial charge in [0.15, 0.2) is 0 Å². The van der Waals surface area contributed by atoms with Gasteiger partial charge in [0.25, 0.3) is 0 Å². The lowest BCUT2D eigenvalue weighted by molar-refractivity contribution is -0.118. The molecule has 14 heavy (non-hydrogen) atoms. The number of carbonyl (C=O) groups is 1. The van der Waals surface area contributed by atoms with Gasteiger partial charge in [0, 0.05) is 11.7 Å². The first-order valence-electron chi connectivity index (χ1n) is 4.83. The molecule has 2 unspecified atom stereocenters. The third kappa shape index (κ3) is 0.738. The summed E-state index contributed by atoms with van der Waals surface area (Å²) in [6.07, 6.45) is 0.787. The standard InChI is InChI=1S/C11H12N2O/c1-6-2-3-8-7(4-6)11(5-9(11)12)10(14)13-8/h2-4,9H,5,12H2,1H3,(H,13,14). The van der Waals surface area contributed by atoms with Crippen LogP contribution < -0.4 is 11.1 Å². The molecular weight excluding hydrogens is 176 g/mol. The molecule has 3 heteroatoms. The minimum atomic E-state index is -0.388. The van der Waals surface area contributed by atoms with E-state index in [9.17, 15) is 4.79 Å². The Morgan fingerprint density at radius 2 is 2.29 bits per heavy atom. The van der Waals surface area contributed by atoms with Crippen molar-refractivity contribution in [3.8, 4) is 0 Å². The Labute approximate surface area is 82.3 Å². The van der Waals surface area contributed by atoms with Gasteiger partial charge in [0.2, 0.25) is 5.91 Å². The second-order valence-corrected chi connectivity index (χ2v) is 4.29. The summed E-state index contributed by atoms with van der Waals surface area (Å²) in [6.45, 7) is 2.03. The molecule has 3 nitrogen and oxygen atoms in total. The number of rotatable bonds is 0. The monoisotopic (exact) mass is 188 g/mol. The zero-order chi connectivity index (χ0) is 9.92. The molecule has 0 radical (unpaired) electrons. The van der Waals surface area contributed by atoms with Gasteiger partial charge >= 0.3 is 0 Å². The van der Waals surface area contributed by atoms with Gasteiger partial charge in [0.05, 0.1) is 5.41 Å². The average molecular weight is 188 g/mol. The SMILES string of the molecule is Cc1ccc2c(c1)C1(CC1N)C(=O)N2. The van der Waals surface area contributed by atoms with Crippen LogP contribution in [0.1, 0.15) is 17.5 Å². The van der Waals surface area contributed by atoms with Gasteiger partial charge in [-0.05, 0) is 25.0 Å². The van der Waals surface area contributed by atoms with Gasteiger partial charge in [-0.15, -0.1) is 0 Å². The molecule has 1 fully saturated rings. The van der Waals surface area contributed by atoms with E-state index < -0.39 is 0 Å². The number of aryl methyl sites for hydroxylation is 1. The molecular formula is C11H12N2O. The summed E-state index contributed by atoms with van der Waals surface area (Å²) < 4.78 is 0. The molecule has 1 aliphatic heterocycles. The van der Waals surface area contributed by atoms with Gasteiger partial charge in [-0.2, -0.15) is 0 Å². The fourth-order valence-electron chi connectivity index (χ4n) is 2.35. The van der Waals surface area contributed by atoms with E-state index in [0.717, 1.165) is 17.7 Å². The fraction of sp³-hybridized carbons (Fsp3) is 0.364. The van der Waals surface area contributed by atoms with Crippen molar-refractivity contribution in [3.63, 3.8) is 0 Å². The van der Waals surface area contributed by atoms with Crippen molar-refractivity contribution in [3.05, 3.63) is 29.3 Å². The number of hydrogen-bond donors (Lipinski definition) is 2. The quantitative estimate of drug-likeness (QED) is 0.636. The Hall–Kier alpha value is -1.35. The largest absolute Gasteiger partial charge is 0.326 e. The fourth-order valence-corrected chi connectivity index (χ4v) is 2.35. The van der Waals surface area contributed by atoms with Crippen LogP contribution in [0.25, 0.3) is 0 Å². The number of nitrogens with two attached hydrogens (primary N) is 1. The number of amides is 1. The summed E-state index contributed by atoms with van der Waals surface area (Å²) in [4.78, 5) is 11.7. The van der Waals surface area contributed by atoms with Gasteiger partial charge in [-0.3, -0.25) is 4.79 Å². The molecule has 72 valence electrons. The van der Waals surface area contributed by atoms with Crippen molar-refractivity contribution in [2.24, 2.45) is 5.73 Å². The highest BCUT2D eigenvalue weighted by atomic mass is 16.2. The van der Waals surface area contributed by atoms with Crippen LogP contribution in [-0.2, 0) is 10.2 Å². The number of carbonyl (C=O) groups excluding carboxylic acids is 1. The van der Waals surface area contributed by atoms with Crippen LogP contribution in [0.15, 0.2) is 18.2 Å². The Morgan fingerprint density at radius 3 is 2.93 bits per heavy atom. The molecule has 1 aromatic carbocycles. The summed E-state index contributed by atoms with van der Waals surface area (Å²) in [5.74, 6) is 0.0746. The smallest absolute Gasteiger partial charge is 0.236 e. The highest BCUT2D eigenvalue weighted by molar-refractivity contribution is 6.09. The van der Waals surface area contributed by atoms with E-state index >= 15 is 0 Å². The van der Waals surface area contributed by atoms with Crippen molar-refractivity contribution in [1.82, 2.24) is 0 Å². The van der Waals surface area contributed by atoms with Gasteiger partial charge in [-0.25, -0.2) is 0 Å². The summed E-state index contributed by atoms with van der Waals surface area (Å²) >= 11 is 0. The minimum absolute atomic E-state index is 0.00514. The third-order valence-electron chi connectivity index (χ3n) is 3.32. The van der Waals surface area contributed by atoms with Crippen molar-refractivity contribution in [1.29, 1.82) is 0 Å². The van der Waals surface area contributed by atoms with Crippen LogP contribution in [0.5, 0.6) is 0 Å². The van der Waals surface area contributed by atoms with E-state index in [1.165, 1.54) is 5.56 Å². The van der Waals surface area contributed by atoms with E-state index in [-0.39, 0.29) is 17.4 Å². The van der Waals surface area contributed by atoms with Crippen molar-refractivity contribution >= 4 is 11.6 Å². The Morgan fingerprint density at radius 1 is 1.57 bits per heavy atom. The van der Waals surface area contributed by atoms with Crippen LogP contribution in [-0.4, -0.2) is 11.9 Å². The second-order valence-electron chi connectivity index (χ2n) is 4.29. The Kier molecular flexibility index (Phi) is 1.24. The van der Waals surface area contributed by atoms with Gasteiger partial charge in [0.1, 0.15) is 0 Å². The van der Waals surface area contributed by atoms with Crippen LogP contribution in [0.3, 0.4) is 0 Å². The first kappa shape index (κ1) is 8.00. The average Bonchev–Trinajstić information content (AvgIpc) is 2.74. The first-order valence-corrected chi connectivity index (χ1v) is 4.83.